The lowest BCUT2D eigenvalue weighted by atomic mass is 9.90. The second-order valence-corrected chi connectivity index (χ2v) is 8.61. The second-order valence-electron chi connectivity index (χ2n) is 8.61. The van der Waals surface area contributed by atoms with Crippen molar-refractivity contribution >= 4 is 17.8 Å². The third-order valence-electron chi connectivity index (χ3n) is 6.56. The predicted molar refractivity (Wildman–Crippen MR) is 105 cm³/mol. The Bertz CT molecular complexity index is 783. The Morgan fingerprint density at radius 2 is 1.79 bits per heavy atom. The summed E-state index contributed by atoms with van der Waals surface area (Å²) in [6.45, 7) is 3.57. The summed E-state index contributed by atoms with van der Waals surface area (Å²) < 4.78 is 0. The highest BCUT2D eigenvalue weighted by Gasteiger charge is 2.51. The molecule has 2 aliphatic heterocycles. The van der Waals surface area contributed by atoms with Gasteiger partial charge in [0.25, 0.3) is 5.91 Å². The van der Waals surface area contributed by atoms with E-state index < -0.39 is 5.54 Å². The smallest absolute Gasteiger partial charge is 0.325 e. The second kappa shape index (κ2) is 7.57. The molecule has 1 aliphatic carbocycles. The van der Waals surface area contributed by atoms with Crippen molar-refractivity contribution in [2.24, 2.45) is 5.92 Å². The number of nitrogens with one attached hydrogen (secondary N) is 1. The number of benzene rings is 1. The number of aryl methyl sites for hydroxylation is 1. The van der Waals surface area contributed by atoms with Gasteiger partial charge < -0.3 is 10.2 Å². The predicted octanol–water partition coefficient (Wildman–Crippen LogP) is 2.99. The zero-order chi connectivity index (χ0) is 19.7. The molecular weight excluding hydrogens is 354 g/mol. The highest BCUT2D eigenvalue weighted by Crippen LogP contribution is 2.34. The Balaban J connectivity index is 1.41. The van der Waals surface area contributed by atoms with E-state index in [1.54, 1.807) is 0 Å². The Morgan fingerprint density at radius 1 is 1.07 bits per heavy atom. The number of amides is 4. The third kappa shape index (κ3) is 3.52. The highest BCUT2D eigenvalue weighted by molar-refractivity contribution is 6.07. The first kappa shape index (κ1) is 19.0. The van der Waals surface area contributed by atoms with E-state index in [0.29, 0.717) is 26.1 Å². The van der Waals surface area contributed by atoms with Gasteiger partial charge in [-0.1, -0.05) is 49.9 Å². The number of likely N-dealkylation sites (tertiary alicyclic amines) is 1. The van der Waals surface area contributed by atoms with Gasteiger partial charge in [0.2, 0.25) is 5.91 Å². The molecule has 1 N–H and O–H groups in total. The van der Waals surface area contributed by atoms with Gasteiger partial charge in [-0.3, -0.25) is 14.5 Å². The summed E-state index contributed by atoms with van der Waals surface area (Å²) in [5.74, 6) is 0.0286. The molecule has 3 fully saturated rings. The van der Waals surface area contributed by atoms with Gasteiger partial charge in [0, 0.05) is 32.0 Å². The van der Waals surface area contributed by atoms with E-state index in [4.69, 9.17) is 0 Å². The number of hydrogen-bond acceptors (Lipinski definition) is 3. The summed E-state index contributed by atoms with van der Waals surface area (Å²) in [6.07, 6.45) is 6.06. The van der Waals surface area contributed by atoms with Gasteiger partial charge in [0.1, 0.15) is 5.54 Å². The molecule has 4 rings (SSSR count). The van der Waals surface area contributed by atoms with Crippen molar-refractivity contribution in [2.75, 3.05) is 13.1 Å². The zero-order valence-electron chi connectivity index (χ0n) is 16.6. The molecule has 150 valence electrons. The SMILES string of the molecule is Cc1ccccc1CN1CC(CN2C(=O)NC3(CCCCCC3)C2=O)CC1=O. The van der Waals surface area contributed by atoms with Crippen molar-refractivity contribution < 1.29 is 14.4 Å². The van der Waals surface area contributed by atoms with E-state index in [2.05, 4.69) is 5.32 Å². The van der Waals surface area contributed by atoms with Crippen LogP contribution in [-0.2, 0) is 16.1 Å². The monoisotopic (exact) mass is 383 g/mol. The zero-order valence-corrected chi connectivity index (χ0v) is 16.6. The maximum Gasteiger partial charge on any atom is 0.325 e. The van der Waals surface area contributed by atoms with Gasteiger partial charge >= 0.3 is 6.03 Å². The van der Waals surface area contributed by atoms with Gasteiger partial charge in [0.05, 0.1) is 0 Å². The number of carbonyl (C=O) groups excluding carboxylic acids is 3. The lowest BCUT2D eigenvalue weighted by molar-refractivity contribution is -0.132. The van der Waals surface area contributed by atoms with Crippen LogP contribution in [0.3, 0.4) is 0 Å². The lowest BCUT2D eigenvalue weighted by Gasteiger charge is -2.25. The number of carbonyl (C=O) groups is 3. The minimum atomic E-state index is -0.697. The highest BCUT2D eigenvalue weighted by atomic mass is 16.2. The van der Waals surface area contributed by atoms with Crippen LogP contribution in [0.15, 0.2) is 24.3 Å². The average molecular weight is 383 g/mol. The average Bonchev–Trinajstić information content (AvgIpc) is 2.99. The lowest BCUT2D eigenvalue weighted by Crippen LogP contribution is -2.46. The van der Waals surface area contributed by atoms with Gasteiger partial charge in [-0.2, -0.15) is 0 Å². The minimum Gasteiger partial charge on any atom is -0.338 e. The summed E-state index contributed by atoms with van der Waals surface area (Å²) in [6, 6.07) is 7.79. The fourth-order valence-corrected chi connectivity index (χ4v) is 4.89. The molecule has 1 spiro atoms. The van der Waals surface area contributed by atoms with E-state index >= 15 is 0 Å². The van der Waals surface area contributed by atoms with Crippen molar-refractivity contribution in [1.82, 2.24) is 15.1 Å². The van der Waals surface area contributed by atoms with Crippen molar-refractivity contribution in [3.8, 4) is 0 Å². The van der Waals surface area contributed by atoms with Crippen LogP contribution in [-0.4, -0.2) is 46.3 Å². The molecule has 0 bridgehead atoms. The summed E-state index contributed by atoms with van der Waals surface area (Å²) in [7, 11) is 0. The number of hydrogen-bond donors (Lipinski definition) is 1. The molecule has 2 saturated heterocycles. The molecule has 0 aromatic heterocycles. The summed E-state index contributed by atoms with van der Waals surface area (Å²) >= 11 is 0. The van der Waals surface area contributed by atoms with E-state index in [1.165, 1.54) is 10.5 Å². The molecule has 1 atom stereocenters. The van der Waals surface area contributed by atoms with Crippen molar-refractivity contribution in [1.29, 1.82) is 0 Å². The molecule has 0 radical (unpaired) electrons. The van der Waals surface area contributed by atoms with Crippen LogP contribution in [0, 0.1) is 12.8 Å². The van der Waals surface area contributed by atoms with Gasteiger partial charge in [-0.05, 0) is 30.9 Å². The molecular formula is C22H29N3O3. The standard InChI is InChI=1S/C22H29N3O3/c1-16-8-4-5-9-18(16)15-24-13-17(12-19(24)26)14-25-20(27)22(23-21(25)28)10-6-2-3-7-11-22/h4-5,8-9,17H,2-3,6-7,10-15H2,1H3,(H,23,28). The van der Waals surface area contributed by atoms with Crippen molar-refractivity contribution in [3.63, 3.8) is 0 Å². The maximum atomic E-state index is 13.1. The van der Waals surface area contributed by atoms with Crippen LogP contribution in [0.1, 0.15) is 56.1 Å². The van der Waals surface area contributed by atoms with E-state index in [-0.39, 0.29) is 23.8 Å². The molecule has 6 heteroatoms. The van der Waals surface area contributed by atoms with Crippen LogP contribution in [0.4, 0.5) is 4.79 Å². The largest absolute Gasteiger partial charge is 0.338 e. The molecule has 28 heavy (non-hydrogen) atoms. The first-order valence-electron chi connectivity index (χ1n) is 10.4. The van der Waals surface area contributed by atoms with E-state index in [9.17, 15) is 14.4 Å². The summed E-state index contributed by atoms with van der Waals surface area (Å²) in [5.41, 5.74) is 1.61. The van der Waals surface area contributed by atoms with Gasteiger partial charge in [-0.15, -0.1) is 0 Å². The summed E-state index contributed by atoms with van der Waals surface area (Å²) in [5, 5.41) is 2.99. The van der Waals surface area contributed by atoms with Crippen molar-refractivity contribution in [3.05, 3.63) is 35.4 Å². The van der Waals surface area contributed by atoms with E-state index in [1.807, 2.05) is 36.1 Å². The Kier molecular flexibility index (Phi) is 5.13. The van der Waals surface area contributed by atoms with Gasteiger partial charge in [-0.25, -0.2) is 4.79 Å². The van der Waals surface area contributed by atoms with Crippen LogP contribution in [0.25, 0.3) is 0 Å². The van der Waals surface area contributed by atoms with Crippen LogP contribution < -0.4 is 5.32 Å². The summed E-state index contributed by atoms with van der Waals surface area (Å²) in [4.78, 5) is 41.4. The third-order valence-corrected chi connectivity index (χ3v) is 6.56. The van der Waals surface area contributed by atoms with Crippen molar-refractivity contribution in [2.45, 2.75) is 64.0 Å². The number of urea groups is 1. The fraction of sp³-hybridized carbons (Fsp3) is 0.591. The molecule has 1 unspecified atom stereocenters. The first-order chi connectivity index (χ1) is 13.5. The number of imide groups is 1. The van der Waals surface area contributed by atoms with Crippen LogP contribution in [0.5, 0.6) is 0 Å². The van der Waals surface area contributed by atoms with Gasteiger partial charge in [0.15, 0.2) is 0 Å². The fourth-order valence-electron chi connectivity index (χ4n) is 4.89. The first-order valence-corrected chi connectivity index (χ1v) is 10.4. The molecule has 2 heterocycles. The molecule has 1 aromatic carbocycles. The van der Waals surface area contributed by atoms with E-state index in [0.717, 1.165) is 44.1 Å². The topological polar surface area (TPSA) is 69.7 Å². The quantitative estimate of drug-likeness (QED) is 0.813. The Labute approximate surface area is 166 Å². The normalized spacial score (nSPS) is 24.8. The molecule has 6 nitrogen and oxygen atoms in total. The number of rotatable bonds is 4. The molecule has 3 aliphatic rings. The minimum absolute atomic E-state index is 0.00662. The van der Waals surface area contributed by atoms with Crippen LogP contribution >= 0.6 is 0 Å². The molecule has 4 amide bonds. The maximum absolute atomic E-state index is 13.1. The van der Waals surface area contributed by atoms with Crippen LogP contribution in [0.2, 0.25) is 0 Å². The molecule has 1 aromatic rings. The Morgan fingerprint density at radius 3 is 2.50 bits per heavy atom. The molecule has 1 saturated carbocycles. The number of nitrogens with zero attached hydrogens (tertiary/aromatic N) is 2. The Hall–Kier alpha value is -2.37.